The van der Waals surface area contributed by atoms with Crippen molar-refractivity contribution in [2.45, 2.75) is 0 Å². The van der Waals surface area contributed by atoms with Crippen molar-refractivity contribution in [1.29, 1.82) is 0 Å². The zero-order valence-corrected chi connectivity index (χ0v) is 12.7. The molecule has 0 heterocycles. The number of benzene rings is 4. The van der Waals surface area contributed by atoms with Crippen molar-refractivity contribution >= 4 is 16.5 Å². The van der Waals surface area contributed by atoms with Crippen LogP contribution >= 0.6 is 0 Å². The van der Waals surface area contributed by atoms with Crippen LogP contribution in [0.1, 0.15) is 0 Å². The van der Waals surface area contributed by atoms with Gasteiger partial charge in [-0.25, -0.2) is 0 Å². The molecule has 0 unspecified atom stereocenters. The van der Waals surface area contributed by atoms with Crippen molar-refractivity contribution in [2.24, 2.45) is 0 Å². The second-order valence-corrected chi connectivity index (χ2v) is 5.66. The van der Waals surface area contributed by atoms with Gasteiger partial charge >= 0.3 is 0 Å². The lowest BCUT2D eigenvalue weighted by atomic mass is 9.90. The number of hydrogen-bond acceptors (Lipinski definition) is 1. The molecule has 0 radical (unpaired) electrons. The first kappa shape index (κ1) is 13.6. The Bertz CT molecular complexity index is 971. The summed E-state index contributed by atoms with van der Waals surface area (Å²) in [7, 11) is 0. The maximum absolute atomic E-state index is 6.37. The summed E-state index contributed by atoms with van der Waals surface area (Å²) in [5.74, 6) is 0. The Morgan fingerprint density at radius 1 is 0.522 bits per heavy atom. The van der Waals surface area contributed by atoms with Gasteiger partial charge in [0.25, 0.3) is 0 Å². The van der Waals surface area contributed by atoms with E-state index in [1.165, 1.54) is 27.5 Å². The van der Waals surface area contributed by atoms with Gasteiger partial charge in [0.1, 0.15) is 0 Å². The first-order valence-corrected chi connectivity index (χ1v) is 7.76. The second kappa shape index (κ2) is 5.62. The molecular formula is C22H17N. The number of nitrogens with two attached hydrogens (primary N) is 1. The highest BCUT2D eigenvalue weighted by Crippen LogP contribution is 2.39. The maximum atomic E-state index is 6.37. The summed E-state index contributed by atoms with van der Waals surface area (Å²) in [4.78, 5) is 0. The van der Waals surface area contributed by atoms with Crippen LogP contribution in [0.25, 0.3) is 33.0 Å². The van der Waals surface area contributed by atoms with E-state index in [0.717, 1.165) is 11.3 Å². The Kier molecular flexibility index (Phi) is 3.32. The minimum atomic E-state index is 0.812. The molecule has 0 atom stereocenters. The zero-order valence-electron chi connectivity index (χ0n) is 12.7. The van der Waals surface area contributed by atoms with E-state index in [1.807, 2.05) is 12.1 Å². The lowest BCUT2D eigenvalue weighted by molar-refractivity contribution is 1.59. The van der Waals surface area contributed by atoms with Crippen LogP contribution in [0, 0.1) is 0 Å². The van der Waals surface area contributed by atoms with Crippen LogP contribution in [-0.4, -0.2) is 0 Å². The predicted molar refractivity (Wildman–Crippen MR) is 99.2 cm³/mol. The highest BCUT2D eigenvalue weighted by molar-refractivity contribution is 6.05. The first-order valence-electron chi connectivity index (χ1n) is 7.76. The Balaban J connectivity index is 2.05. The van der Waals surface area contributed by atoms with E-state index < -0.39 is 0 Å². The van der Waals surface area contributed by atoms with E-state index >= 15 is 0 Å². The molecule has 4 aromatic rings. The summed E-state index contributed by atoms with van der Waals surface area (Å²) in [5.41, 5.74) is 11.9. The van der Waals surface area contributed by atoms with Gasteiger partial charge in [-0.1, -0.05) is 84.9 Å². The third-order valence-corrected chi connectivity index (χ3v) is 4.24. The number of anilines is 1. The molecule has 4 rings (SSSR count). The highest BCUT2D eigenvalue weighted by atomic mass is 14.6. The minimum Gasteiger partial charge on any atom is -0.398 e. The van der Waals surface area contributed by atoms with Gasteiger partial charge in [0, 0.05) is 11.3 Å². The van der Waals surface area contributed by atoms with E-state index in [-0.39, 0.29) is 0 Å². The highest BCUT2D eigenvalue weighted by Gasteiger charge is 2.12. The smallest absolute Gasteiger partial charge is 0.0400 e. The summed E-state index contributed by atoms with van der Waals surface area (Å²) in [6.07, 6.45) is 0. The predicted octanol–water partition coefficient (Wildman–Crippen LogP) is 5.76. The Morgan fingerprint density at radius 2 is 1.17 bits per heavy atom. The van der Waals surface area contributed by atoms with E-state index in [9.17, 15) is 0 Å². The molecule has 0 saturated carbocycles. The molecule has 23 heavy (non-hydrogen) atoms. The molecule has 0 spiro atoms. The van der Waals surface area contributed by atoms with Gasteiger partial charge in [-0.15, -0.1) is 0 Å². The largest absolute Gasteiger partial charge is 0.398 e. The summed E-state index contributed by atoms with van der Waals surface area (Å²) >= 11 is 0. The van der Waals surface area contributed by atoms with Crippen LogP contribution in [-0.2, 0) is 0 Å². The third-order valence-electron chi connectivity index (χ3n) is 4.24. The van der Waals surface area contributed by atoms with Gasteiger partial charge in [-0.3, -0.25) is 0 Å². The zero-order chi connectivity index (χ0) is 15.6. The summed E-state index contributed by atoms with van der Waals surface area (Å²) < 4.78 is 0. The molecule has 110 valence electrons. The summed E-state index contributed by atoms with van der Waals surface area (Å²) in [5, 5.41) is 2.40. The monoisotopic (exact) mass is 295 g/mol. The van der Waals surface area contributed by atoms with Crippen molar-refractivity contribution in [3.8, 4) is 22.3 Å². The molecule has 4 aromatic carbocycles. The average molecular weight is 295 g/mol. The molecule has 0 saturated heterocycles. The maximum Gasteiger partial charge on any atom is 0.0400 e. The van der Waals surface area contributed by atoms with Crippen molar-refractivity contribution in [2.75, 3.05) is 5.73 Å². The molecule has 0 aliphatic heterocycles. The van der Waals surface area contributed by atoms with Crippen molar-refractivity contribution in [3.05, 3.63) is 91.0 Å². The second-order valence-electron chi connectivity index (χ2n) is 5.66. The summed E-state index contributed by atoms with van der Waals surface area (Å²) in [6, 6.07) is 31.4. The Morgan fingerprint density at radius 3 is 2.00 bits per heavy atom. The van der Waals surface area contributed by atoms with Crippen LogP contribution in [0.15, 0.2) is 91.0 Å². The number of hydrogen-bond donors (Lipinski definition) is 1. The van der Waals surface area contributed by atoms with Crippen molar-refractivity contribution in [3.63, 3.8) is 0 Å². The van der Waals surface area contributed by atoms with Gasteiger partial charge in [0.2, 0.25) is 0 Å². The van der Waals surface area contributed by atoms with E-state index in [1.54, 1.807) is 0 Å². The van der Waals surface area contributed by atoms with E-state index in [4.69, 9.17) is 5.73 Å². The fourth-order valence-corrected chi connectivity index (χ4v) is 3.16. The minimum absolute atomic E-state index is 0.812. The average Bonchev–Trinajstić information content (AvgIpc) is 2.62. The molecule has 0 aliphatic rings. The molecule has 2 N–H and O–H groups in total. The summed E-state index contributed by atoms with van der Waals surface area (Å²) in [6.45, 7) is 0. The molecule has 0 amide bonds. The molecular weight excluding hydrogens is 278 g/mol. The van der Waals surface area contributed by atoms with Gasteiger partial charge in [0.15, 0.2) is 0 Å². The van der Waals surface area contributed by atoms with Gasteiger partial charge < -0.3 is 5.73 Å². The molecule has 0 aliphatic carbocycles. The molecule has 0 bridgehead atoms. The fourth-order valence-electron chi connectivity index (χ4n) is 3.16. The third kappa shape index (κ3) is 2.36. The lowest BCUT2D eigenvalue weighted by Crippen LogP contribution is -1.93. The van der Waals surface area contributed by atoms with E-state index in [2.05, 4.69) is 78.9 Å². The fraction of sp³-hybridized carbons (Fsp3) is 0. The van der Waals surface area contributed by atoms with Crippen LogP contribution < -0.4 is 5.73 Å². The number of rotatable bonds is 2. The van der Waals surface area contributed by atoms with Crippen LogP contribution in [0.4, 0.5) is 5.69 Å². The SMILES string of the molecule is Nc1ccc2ccccc2c1-c1ccccc1-c1ccccc1. The normalized spacial score (nSPS) is 10.8. The molecule has 0 aromatic heterocycles. The molecule has 1 heteroatoms. The Hall–Kier alpha value is -3.06. The number of nitrogen functional groups attached to an aromatic ring is 1. The van der Waals surface area contributed by atoms with Gasteiger partial charge in [0.05, 0.1) is 0 Å². The van der Waals surface area contributed by atoms with Gasteiger partial charge in [-0.2, -0.15) is 0 Å². The van der Waals surface area contributed by atoms with Crippen LogP contribution in [0.3, 0.4) is 0 Å². The lowest BCUT2D eigenvalue weighted by Gasteiger charge is -2.15. The topological polar surface area (TPSA) is 26.0 Å². The quantitative estimate of drug-likeness (QED) is 0.468. The first-order chi connectivity index (χ1) is 11.3. The van der Waals surface area contributed by atoms with Crippen molar-refractivity contribution in [1.82, 2.24) is 0 Å². The van der Waals surface area contributed by atoms with E-state index in [0.29, 0.717) is 0 Å². The van der Waals surface area contributed by atoms with Crippen molar-refractivity contribution < 1.29 is 0 Å². The molecule has 1 nitrogen and oxygen atoms in total. The Labute approximate surface area is 136 Å². The van der Waals surface area contributed by atoms with Crippen LogP contribution in [0.2, 0.25) is 0 Å². The standard InChI is InChI=1S/C22H17N/c23-21-15-14-17-10-4-5-12-19(17)22(21)20-13-7-6-11-18(20)16-8-2-1-3-9-16/h1-15H,23H2. The van der Waals surface area contributed by atoms with Gasteiger partial charge in [-0.05, 0) is 33.5 Å². The van der Waals surface area contributed by atoms with Crippen LogP contribution in [0.5, 0.6) is 0 Å². The molecule has 0 fully saturated rings. The number of fused-ring (bicyclic) bond motifs is 1.